The summed E-state index contributed by atoms with van der Waals surface area (Å²) in [6, 6.07) is 12.1. The number of benzene rings is 1. The molecule has 0 atom stereocenters. The third kappa shape index (κ3) is 2.24. The molecule has 2 aromatic heterocycles. The van der Waals surface area contributed by atoms with E-state index in [-0.39, 0.29) is 5.41 Å². The van der Waals surface area contributed by atoms with Gasteiger partial charge in [0.05, 0.1) is 0 Å². The number of rotatable bonds is 1. The topological polar surface area (TPSA) is 38.9 Å². The molecule has 0 N–H and O–H groups in total. The molecular formula is C16H16N2O. The van der Waals surface area contributed by atoms with E-state index in [9.17, 15) is 0 Å². The maximum atomic E-state index is 5.66. The molecule has 3 nitrogen and oxygen atoms in total. The van der Waals surface area contributed by atoms with Crippen LogP contribution in [-0.4, -0.2) is 9.97 Å². The number of hydrogen-bond acceptors (Lipinski definition) is 3. The SMILES string of the molecule is CC(C)(C)c1ccc(-c2nc3cccnc3o2)cc1. The summed E-state index contributed by atoms with van der Waals surface area (Å²) < 4.78 is 5.66. The van der Waals surface area contributed by atoms with Crippen molar-refractivity contribution < 1.29 is 4.42 Å². The molecule has 3 aromatic rings. The van der Waals surface area contributed by atoms with Crippen molar-refractivity contribution in [3.05, 3.63) is 48.2 Å². The molecule has 0 bridgehead atoms. The van der Waals surface area contributed by atoms with E-state index in [0.717, 1.165) is 11.1 Å². The van der Waals surface area contributed by atoms with Crippen LogP contribution in [0.2, 0.25) is 0 Å². The Morgan fingerprint density at radius 1 is 1.00 bits per heavy atom. The average Bonchev–Trinajstić information content (AvgIpc) is 2.81. The second-order valence-electron chi connectivity index (χ2n) is 5.67. The Labute approximate surface area is 112 Å². The molecule has 0 aliphatic rings. The van der Waals surface area contributed by atoms with E-state index in [2.05, 4.69) is 42.9 Å². The fourth-order valence-electron chi connectivity index (χ4n) is 2.01. The van der Waals surface area contributed by atoms with Crippen molar-refractivity contribution in [3.8, 4) is 11.5 Å². The predicted octanol–water partition coefficient (Wildman–Crippen LogP) is 4.19. The molecule has 0 saturated carbocycles. The maximum absolute atomic E-state index is 5.66. The van der Waals surface area contributed by atoms with Crippen LogP contribution in [-0.2, 0) is 5.41 Å². The van der Waals surface area contributed by atoms with E-state index in [4.69, 9.17) is 4.42 Å². The number of aromatic nitrogens is 2. The Kier molecular flexibility index (Phi) is 2.63. The molecule has 2 heterocycles. The van der Waals surface area contributed by atoms with Gasteiger partial charge in [0, 0.05) is 11.8 Å². The minimum atomic E-state index is 0.154. The average molecular weight is 252 g/mol. The van der Waals surface area contributed by atoms with Crippen LogP contribution in [0.5, 0.6) is 0 Å². The summed E-state index contributed by atoms with van der Waals surface area (Å²) in [6.07, 6.45) is 1.71. The molecule has 0 fully saturated rings. The van der Waals surface area contributed by atoms with Crippen LogP contribution < -0.4 is 0 Å². The van der Waals surface area contributed by atoms with Crippen LogP contribution in [0.3, 0.4) is 0 Å². The highest BCUT2D eigenvalue weighted by Crippen LogP contribution is 2.27. The second kappa shape index (κ2) is 4.19. The predicted molar refractivity (Wildman–Crippen MR) is 75.9 cm³/mol. The number of oxazole rings is 1. The molecule has 0 amide bonds. The first-order valence-corrected chi connectivity index (χ1v) is 6.36. The quantitative estimate of drug-likeness (QED) is 0.652. The zero-order chi connectivity index (χ0) is 13.5. The van der Waals surface area contributed by atoms with Crippen molar-refractivity contribution in [2.75, 3.05) is 0 Å². The van der Waals surface area contributed by atoms with E-state index in [0.29, 0.717) is 11.6 Å². The smallest absolute Gasteiger partial charge is 0.247 e. The second-order valence-corrected chi connectivity index (χ2v) is 5.67. The van der Waals surface area contributed by atoms with Gasteiger partial charge in [0.2, 0.25) is 11.6 Å². The van der Waals surface area contributed by atoms with Crippen molar-refractivity contribution in [3.63, 3.8) is 0 Å². The van der Waals surface area contributed by atoms with Gasteiger partial charge >= 0.3 is 0 Å². The van der Waals surface area contributed by atoms with Crippen LogP contribution >= 0.6 is 0 Å². The molecule has 19 heavy (non-hydrogen) atoms. The van der Waals surface area contributed by atoms with Crippen molar-refractivity contribution >= 4 is 11.2 Å². The summed E-state index contributed by atoms with van der Waals surface area (Å²) >= 11 is 0. The molecule has 0 unspecified atom stereocenters. The minimum Gasteiger partial charge on any atom is -0.418 e. The zero-order valence-corrected chi connectivity index (χ0v) is 11.3. The van der Waals surface area contributed by atoms with Gasteiger partial charge in [0.25, 0.3) is 0 Å². The van der Waals surface area contributed by atoms with Crippen LogP contribution in [0.1, 0.15) is 26.3 Å². The summed E-state index contributed by atoms with van der Waals surface area (Å²) in [5, 5.41) is 0. The first kappa shape index (κ1) is 11.9. The Bertz CT molecular complexity index is 672. The highest BCUT2D eigenvalue weighted by Gasteiger charge is 2.14. The number of nitrogens with zero attached hydrogens (tertiary/aromatic N) is 2. The van der Waals surface area contributed by atoms with Crippen molar-refractivity contribution in [1.82, 2.24) is 9.97 Å². The first-order valence-electron chi connectivity index (χ1n) is 6.36. The van der Waals surface area contributed by atoms with Gasteiger partial charge in [-0.1, -0.05) is 32.9 Å². The van der Waals surface area contributed by atoms with E-state index in [1.165, 1.54) is 5.56 Å². The van der Waals surface area contributed by atoms with E-state index in [1.807, 2.05) is 24.3 Å². The summed E-state index contributed by atoms with van der Waals surface area (Å²) in [6.45, 7) is 6.60. The molecule has 0 aliphatic carbocycles. The summed E-state index contributed by atoms with van der Waals surface area (Å²) in [5.41, 5.74) is 3.80. The molecular weight excluding hydrogens is 236 g/mol. The fraction of sp³-hybridized carbons (Fsp3) is 0.250. The summed E-state index contributed by atoms with van der Waals surface area (Å²) in [4.78, 5) is 8.60. The zero-order valence-electron chi connectivity index (χ0n) is 11.3. The molecule has 0 saturated heterocycles. The lowest BCUT2D eigenvalue weighted by Gasteiger charge is -2.18. The Morgan fingerprint density at radius 2 is 1.74 bits per heavy atom. The molecule has 0 aliphatic heterocycles. The lowest BCUT2D eigenvalue weighted by molar-refractivity contribution is 0.589. The Balaban J connectivity index is 2.02. The van der Waals surface area contributed by atoms with E-state index >= 15 is 0 Å². The third-order valence-electron chi connectivity index (χ3n) is 3.16. The fourth-order valence-corrected chi connectivity index (χ4v) is 2.01. The monoisotopic (exact) mass is 252 g/mol. The van der Waals surface area contributed by atoms with E-state index < -0.39 is 0 Å². The van der Waals surface area contributed by atoms with Gasteiger partial charge in [-0.2, -0.15) is 0 Å². The van der Waals surface area contributed by atoms with E-state index in [1.54, 1.807) is 6.20 Å². The summed E-state index contributed by atoms with van der Waals surface area (Å²) in [7, 11) is 0. The lowest BCUT2D eigenvalue weighted by atomic mass is 9.87. The maximum Gasteiger partial charge on any atom is 0.247 e. The number of hydrogen-bond donors (Lipinski definition) is 0. The molecule has 96 valence electrons. The highest BCUT2D eigenvalue weighted by atomic mass is 16.4. The van der Waals surface area contributed by atoms with Gasteiger partial charge in [-0.25, -0.2) is 9.97 Å². The minimum absolute atomic E-state index is 0.154. The largest absolute Gasteiger partial charge is 0.418 e. The van der Waals surface area contributed by atoms with Crippen LogP contribution in [0.4, 0.5) is 0 Å². The van der Waals surface area contributed by atoms with Crippen molar-refractivity contribution in [2.45, 2.75) is 26.2 Å². The third-order valence-corrected chi connectivity index (χ3v) is 3.16. The lowest BCUT2D eigenvalue weighted by Crippen LogP contribution is -2.10. The van der Waals surface area contributed by atoms with Gasteiger partial charge in [-0.05, 0) is 35.2 Å². The Morgan fingerprint density at radius 3 is 2.37 bits per heavy atom. The van der Waals surface area contributed by atoms with Crippen LogP contribution in [0, 0.1) is 0 Å². The summed E-state index contributed by atoms with van der Waals surface area (Å²) in [5.74, 6) is 0.620. The van der Waals surface area contributed by atoms with Crippen LogP contribution in [0.15, 0.2) is 47.0 Å². The molecule has 1 aromatic carbocycles. The molecule has 3 rings (SSSR count). The number of pyridine rings is 1. The molecule has 0 radical (unpaired) electrons. The normalized spacial score (nSPS) is 11.9. The van der Waals surface area contributed by atoms with Gasteiger partial charge in [-0.3, -0.25) is 0 Å². The first-order chi connectivity index (χ1) is 9.04. The van der Waals surface area contributed by atoms with Gasteiger partial charge in [-0.15, -0.1) is 0 Å². The molecule has 3 heteroatoms. The molecule has 0 spiro atoms. The highest BCUT2D eigenvalue weighted by molar-refractivity contribution is 5.72. The van der Waals surface area contributed by atoms with Crippen LogP contribution in [0.25, 0.3) is 22.7 Å². The van der Waals surface area contributed by atoms with Crippen molar-refractivity contribution in [2.24, 2.45) is 0 Å². The van der Waals surface area contributed by atoms with Crippen molar-refractivity contribution in [1.29, 1.82) is 0 Å². The van der Waals surface area contributed by atoms with Gasteiger partial charge in [0.1, 0.15) is 5.52 Å². The van der Waals surface area contributed by atoms with Gasteiger partial charge < -0.3 is 4.42 Å². The van der Waals surface area contributed by atoms with Gasteiger partial charge in [0.15, 0.2) is 0 Å². The standard InChI is InChI=1S/C16H16N2O/c1-16(2,3)12-8-6-11(7-9-12)14-18-13-5-4-10-17-15(13)19-14/h4-10H,1-3H3. The number of fused-ring (bicyclic) bond motifs is 1. The Hall–Kier alpha value is -2.16.